The minimum Gasteiger partial charge on any atom is -0.488 e. The fourth-order valence-electron chi connectivity index (χ4n) is 1.49. The van der Waals surface area contributed by atoms with Crippen molar-refractivity contribution in [3.63, 3.8) is 0 Å². The van der Waals surface area contributed by atoms with Crippen LogP contribution in [0.2, 0.25) is 0 Å². The molecule has 0 radical (unpaired) electrons. The van der Waals surface area contributed by atoms with Gasteiger partial charge in [-0.3, -0.25) is 10.1 Å². The summed E-state index contributed by atoms with van der Waals surface area (Å²) in [6, 6.07) is 8.55. The van der Waals surface area contributed by atoms with Crippen molar-refractivity contribution in [3.05, 3.63) is 54.7 Å². The van der Waals surface area contributed by atoms with Crippen LogP contribution in [0.3, 0.4) is 0 Å². The van der Waals surface area contributed by atoms with Crippen molar-refractivity contribution in [2.45, 2.75) is 13.5 Å². The number of hydrogen-bond acceptors (Lipinski definition) is 4. The first-order valence-electron chi connectivity index (χ1n) is 5.18. The topological polar surface area (TPSA) is 52.4 Å². The average Bonchev–Trinajstić information content (AvgIpc) is 2.73. The lowest BCUT2D eigenvalue weighted by molar-refractivity contribution is -0.384. The fraction of sp³-hybridized carbons (Fsp3) is 0.167. The third kappa shape index (κ3) is 3.08. The van der Waals surface area contributed by atoms with E-state index in [9.17, 15) is 10.1 Å². The molecule has 1 aromatic carbocycles. The van der Waals surface area contributed by atoms with E-state index in [0.717, 1.165) is 14.2 Å². The van der Waals surface area contributed by atoms with Gasteiger partial charge in [0.05, 0.1) is 8.71 Å². The number of hydrogen-bond donors (Lipinski definition) is 0. The molecule has 0 aliphatic heterocycles. The Morgan fingerprint density at radius 3 is 2.72 bits per heavy atom. The van der Waals surface area contributed by atoms with Gasteiger partial charge < -0.3 is 4.74 Å². The first-order valence-corrected chi connectivity index (χ1v) is 6.79. The van der Waals surface area contributed by atoms with Gasteiger partial charge in [0.2, 0.25) is 0 Å². The van der Waals surface area contributed by atoms with E-state index in [4.69, 9.17) is 4.74 Å². The van der Waals surface area contributed by atoms with Crippen LogP contribution < -0.4 is 4.74 Å². The quantitative estimate of drug-likeness (QED) is 0.621. The molecule has 0 saturated heterocycles. The second kappa shape index (κ2) is 5.49. The number of rotatable bonds is 4. The van der Waals surface area contributed by atoms with Crippen LogP contribution in [0.4, 0.5) is 5.69 Å². The van der Waals surface area contributed by atoms with E-state index >= 15 is 0 Å². The molecule has 4 nitrogen and oxygen atoms in total. The van der Waals surface area contributed by atoms with Crippen LogP contribution in [-0.2, 0) is 6.61 Å². The third-order valence-electron chi connectivity index (χ3n) is 2.37. The second-order valence-electron chi connectivity index (χ2n) is 3.70. The molecule has 0 unspecified atom stereocenters. The van der Waals surface area contributed by atoms with Gasteiger partial charge in [0.1, 0.15) is 12.4 Å². The SMILES string of the molecule is Cc1cc([N+](=O)[O-])ccc1OCc1ccc(Br)s1. The molecule has 0 bridgehead atoms. The van der Waals surface area contributed by atoms with E-state index in [2.05, 4.69) is 15.9 Å². The van der Waals surface area contributed by atoms with E-state index in [1.54, 1.807) is 24.3 Å². The lowest BCUT2D eigenvalue weighted by Crippen LogP contribution is -1.96. The molecule has 18 heavy (non-hydrogen) atoms. The minimum absolute atomic E-state index is 0.0821. The van der Waals surface area contributed by atoms with Gasteiger partial charge in [-0.05, 0) is 46.6 Å². The Balaban J connectivity index is 2.08. The van der Waals surface area contributed by atoms with Gasteiger partial charge in [-0.1, -0.05) is 0 Å². The molecule has 94 valence electrons. The molecular formula is C12H10BrNO3S. The smallest absolute Gasteiger partial charge is 0.269 e. The number of nitro benzene ring substituents is 1. The van der Waals surface area contributed by atoms with Gasteiger partial charge in [0.15, 0.2) is 0 Å². The predicted octanol–water partition coefficient (Wildman–Crippen LogP) is 4.31. The molecule has 0 fully saturated rings. The van der Waals surface area contributed by atoms with Crippen molar-refractivity contribution in [1.82, 2.24) is 0 Å². The van der Waals surface area contributed by atoms with E-state index in [0.29, 0.717) is 12.4 Å². The standard InChI is InChI=1S/C12H10BrNO3S/c1-8-6-9(14(15)16)2-4-11(8)17-7-10-3-5-12(13)18-10/h2-6H,7H2,1H3. The molecule has 0 saturated carbocycles. The zero-order valence-corrected chi connectivity index (χ0v) is 12.0. The van der Waals surface area contributed by atoms with Gasteiger partial charge in [-0.15, -0.1) is 11.3 Å². The normalized spacial score (nSPS) is 10.3. The Labute approximate surface area is 116 Å². The van der Waals surface area contributed by atoms with E-state index in [1.807, 2.05) is 12.1 Å². The minimum atomic E-state index is -0.410. The summed E-state index contributed by atoms with van der Waals surface area (Å²) in [5.41, 5.74) is 0.846. The maximum absolute atomic E-state index is 10.6. The first-order chi connectivity index (χ1) is 8.56. The van der Waals surface area contributed by atoms with Crippen LogP contribution in [0.5, 0.6) is 5.75 Å². The maximum atomic E-state index is 10.6. The molecule has 0 N–H and O–H groups in total. The van der Waals surface area contributed by atoms with E-state index < -0.39 is 4.92 Å². The summed E-state index contributed by atoms with van der Waals surface area (Å²) in [4.78, 5) is 11.3. The van der Waals surface area contributed by atoms with Crippen LogP contribution in [0.25, 0.3) is 0 Å². The zero-order chi connectivity index (χ0) is 13.1. The van der Waals surface area contributed by atoms with Crippen molar-refractivity contribution in [1.29, 1.82) is 0 Å². The number of benzene rings is 1. The molecule has 1 heterocycles. The summed E-state index contributed by atoms with van der Waals surface area (Å²) in [6.07, 6.45) is 0. The zero-order valence-electron chi connectivity index (χ0n) is 9.55. The molecule has 6 heteroatoms. The lowest BCUT2D eigenvalue weighted by atomic mass is 10.2. The second-order valence-corrected chi connectivity index (χ2v) is 6.25. The highest BCUT2D eigenvalue weighted by Crippen LogP contribution is 2.26. The molecule has 0 aliphatic rings. The van der Waals surface area contributed by atoms with Crippen LogP contribution in [0, 0.1) is 17.0 Å². The number of ether oxygens (including phenoxy) is 1. The van der Waals surface area contributed by atoms with E-state index in [1.165, 1.54) is 12.1 Å². The predicted molar refractivity (Wildman–Crippen MR) is 74.2 cm³/mol. The van der Waals surface area contributed by atoms with E-state index in [-0.39, 0.29) is 5.69 Å². The van der Waals surface area contributed by atoms with Crippen molar-refractivity contribution in [2.75, 3.05) is 0 Å². The molecule has 2 rings (SSSR count). The summed E-state index contributed by atoms with van der Waals surface area (Å²) in [7, 11) is 0. The molecule has 0 atom stereocenters. The summed E-state index contributed by atoms with van der Waals surface area (Å²) >= 11 is 4.99. The first kappa shape index (κ1) is 13.0. The summed E-state index contributed by atoms with van der Waals surface area (Å²) < 4.78 is 6.69. The molecule has 0 spiro atoms. The molecule has 0 aliphatic carbocycles. The lowest BCUT2D eigenvalue weighted by Gasteiger charge is -2.07. The summed E-state index contributed by atoms with van der Waals surface area (Å²) in [5, 5.41) is 10.6. The van der Waals surface area contributed by atoms with Crippen molar-refractivity contribution in [2.24, 2.45) is 0 Å². The van der Waals surface area contributed by atoms with Gasteiger partial charge in [0.25, 0.3) is 5.69 Å². The monoisotopic (exact) mass is 327 g/mol. The number of nitro groups is 1. The van der Waals surface area contributed by atoms with Crippen molar-refractivity contribution >= 4 is 33.0 Å². The molecular weight excluding hydrogens is 318 g/mol. The van der Waals surface area contributed by atoms with Crippen molar-refractivity contribution in [3.8, 4) is 5.75 Å². The Bertz CT molecular complexity index is 582. The number of halogens is 1. The highest BCUT2D eigenvalue weighted by Gasteiger charge is 2.09. The Morgan fingerprint density at radius 2 is 2.17 bits per heavy atom. The van der Waals surface area contributed by atoms with Gasteiger partial charge in [-0.25, -0.2) is 0 Å². The number of nitrogens with zero attached hydrogens (tertiary/aromatic N) is 1. The van der Waals surface area contributed by atoms with Crippen LogP contribution in [0.15, 0.2) is 34.1 Å². The molecule has 1 aromatic heterocycles. The van der Waals surface area contributed by atoms with Crippen LogP contribution in [0.1, 0.15) is 10.4 Å². The maximum Gasteiger partial charge on any atom is 0.269 e. The Kier molecular flexibility index (Phi) is 3.98. The number of thiophene rings is 1. The van der Waals surface area contributed by atoms with Gasteiger partial charge in [-0.2, -0.15) is 0 Å². The third-order valence-corrected chi connectivity index (χ3v) is 3.97. The Morgan fingerprint density at radius 1 is 1.39 bits per heavy atom. The van der Waals surface area contributed by atoms with Crippen LogP contribution in [-0.4, -0.2) is 4.92 Å². The number of non-ortho nitro benzene ring substituents is 1. The fourth-order valence-corrected chi connectivity index (χ4v) is 2.88. The van der Waals surface area contributed by atoms with Crippen molar-refractivity contribution < 1.29 is 9.66 Å². The summed E-state index contributed by atoms with van der Waals surface area (Å²) in [6.45, 7) is 2.27. The highest BCUT2D eigenvalue weighted by molar-refractivity contribution is 9.11. The molecule has 0 amide bonds. The summed E-state index contributed by atoms with van der Waals surface area (Å²) in [5.74, 6) is 0.671. The van der Waals surface area contributed by atoms with Gasteiger partial charge >= 0.3 is 0 Å². The highest BCUT2D eigenvalue weighted by atomic mass is 79.9. The molecule has 2 aromatic rings. The average molecular weight is 328 g/mol. The largest absolute Gasteiger partial charge is 0.488 e. The van der Waals surface area contributed by atoms with Gasteiger partial charge in [0, 0.05) is 17.0 Å². The Hall–Kier alpha value is -1.40. The van der Waals surface area contributed by atoms with Crippen LogP contribution >= 0.6 is 27.3 Å². The number of aryl methyl sites for hydroxylation is 1.